The number of benzene rings is 1. The second-order valence-electron chi connectivity index (χ2n) is 8.40. The normalized spacial score (nSPS) is 14.7. The van der Waals surface area contributed by atoms with Crippen molar-refractivity contribution in [2.24, 2.45) is 5.92 Å². The lowest BCUT2D eigenvalue weighted by atomic mass is 9.80. The maximum absolute atomic E-state index is 13.4. The van der Waals surface area contributed by atoms with Gasteiger partial charge in [0.15, 0.2) is 0 Å². The third-order valence-corrected chi connectivity index (χ3v) is 4.77. The second-order valence-corrected chi connectivity index (χ2v) is 8.40. The fraction of sp³-hybridized carbons (Fsp3) is 0.522. The standard InChI is InChI=1S/C23H32N2O4/c1-8-10-19(21(27)29-22(5,6)7)23(28-18(4)26,25-14-13-24-15-25)20-16(2)11-9-12-17(20)3/h9,11-15,19H,8,10H2,1-7H3. The van der Waals surface area contributed by atoms with E-state index in [-0.39, 0.29) is 0 Å². The molecule has 1 aromatic carbocycles. The highest BCUT2D eigenvalue weighted by Gasteiger charge is 2.51. The predicted molar refractivity (Wildman–Crippen MR) is 111 cm³/mol. The topological polar surface area (TPSA) is 70.4 Å². The molecule has 2 atom stereocenters. The van der Waals surface area contributed by atoms with Gasteiger partial charge in [-0.05, 0) is 52.2 Å². The van der Waals surface area contributed by atoms with Crippen LogP contribution in [0.4, 0.5) is 0 Å². The Balaban J connectivity index is 2.86. The molecule has 0 amide bonds. The molecule has 0 aliphatic heterocycles. The van der Waals surface area contributed by atoms with Crippen LogP contribution in [-0.4, -0.2) is 27.1 Å². The van der Waals surface area contributed by atoms with Crippen LogP contribution in [0.25, 0.3) is 0 Å². The molecule has 0 fully saturated rings. The van der Waals surface area contributed by atoms with Gasteiger partial charge < -0.3 is 9.47 Å². The fourth-order valence-electron chi connectivity index (χ4n) is 3.85. The van der Waals surface area contributed by atoms with Crippen molar-refractivity contribution in [3.63, 3.8) is 0 Å². The number of esters is 2. The Kier molecular flexibility index (Phi) is 6.88. The van der Waals surface area contributed by atoms with Crippen LogP contribution < -0.4 is 0 Å². The molecule has 0 bridgehead atoms. The summed E-state index contributed by atoms with van der Waals surface area (Å²) in [5, 5.41) is 0. The largest absolute Gasteiger partial charge is 0.460 e. The van der Waals surface area contributed by atoms with Crippen LogP contribution in [-0.2, 0) is 24.8 Å². The molecule has 0 saturated heterocycles. The van der Waals surface area contributed by atoms with Crippen LogP contribution in [0.3, 0.4) is 0 Å². The average Bonchev–Trinajstić information content (AvgIpc) is 3.11. The molecule has 1 heterocycles. The number of imidazole rings is 1. The molecule has 0 radical (unpaired) electrons. The van der Waals surface area contributed by atoms with Crippen molar-refractivity contribution < 1.29 is 19.1 Å². The lowest BCUT2D eigenvalue weighted by Gasteiger charge is -2.42. The van der Waals surface area contributed by atoms with Gasteiger partial charge in [0, 0.05) is 24.9 Å². The van der Waals surface area contributed by atoms with Crippen LogP contribution in [0.1, 0.15) is 64.2 Å². The zero-order valence-electron chi connectivity index (χ0n) is 18.5. The molecule has 6 heteroatoms. The number of carbonyl (C=O) groups is 2. The Labute approximate surface area is 173 Å². The Morgan fingerprint density at radius 2 is 1.76 bits per heavy atom. The molecular formula is C23H32N2O4. The number of hydrogen-bond acceptors (Lipinski definition) is 5. The minimum atomic E-state index is -1.39. The predicted octanol–water partition coefficient (Wildman–Crippen LogP) is 4.52. The minimum Gasteiger partial charge on any atom is -0.460 e. The molecule has 2 rings (SSSR count). The second kappa shape index (κ2) is 8.80. The third-order valence-electron chi connectivity index (χ3n) is 4.77. The van der Waals surface area contributed by atoms with E-state index in [0.717, 1.165) is 16.7 Å². The molecule has 0 spiro atoms. The summed E-state index contributed by atoms with van der Waals surface area (Å²) in [4.78, 5) is 30.0. The highest BCUT2D eigenvalue weighted by atomic mass is 16.6. The van der Waals surface area contributed by atoms with Gasteiger partial charge in [0.25, 0.3) is 0 Å². The summed E-state index contributed by atoms with van der Waals surface area (Å²) in [5.41, 5.74) is 0.559. The number of nitrogens with zero attached hydrogens (tertiary/aromatic N) is 2. The molecular weight excluding hydrogens is 368 g/mol. The van der Waals surface area contributed by atoms with Crippen molar-refractivity contribution in [2.45, 2.75) is 72.6 Å². The van der Waals surface area contributed by atoms with E-state index >= 15 is 0 Å². The Bertz CT molecular complexity index is 832. The van der Waals surface area contributed by atoms with E-state index in [1.54, 1.807) is 23.3 Å². The smallest absolute Gasteiger partial charge is 0.315 e. The van der Waals surface area contributed by atoms with Gasteiger partial charge in [0.2, 0.25) is 5.72 Å². The summed E-state index contributed by atoms with van der Waals surface area (Å²) in [5.74, 6) is -1.63. The summed E-state index contributed by atoms with van der Waals surface area (Å²) >= 11 is 0. The zero-order valence-corrected chi connectivity index (χ0v) is 18.5. The van der Waals surface area contributed by atoms with Crippen molar-refractivity contribution in [3.8, 4) is 0 Å². The molecule has 6 nitrogen and oxygen atoms in total. The molecule has 158 valence electrons. The molecule has 29 heavy (non-hydrogen) atoms. The van der Waals surface area contributed by atoms with Crippen molar-refractivity contribution in [1.29, 1.82) is 0 Å². The number of aryl methyl sites for hydroxylation is 2. The summed E-state index contributed by atoms with van der Waals surface area (Å²) in [6.07, 6.45) is 6.12. The van der Waals surface area contributed by atoms with Gasteiger partial charge in [0.1, 0.15) is 11.5 Å². The molecule has 0 saturated carbocycles. The molecule has 2 unspecified atom stereocenters. The third kappa shape index (κ3) is 4.86. The van der Waals surface area contributed by atoms with E-state index in [0.29, 0.717) is 12.8 Å². The summed E-state index contributed by atoms with van der Waals surface area (Å²) in [6, 6.07) is 5.86. The average molecular weight is 401 g/mol. The van der Waals surface area contributed by atoms with Gasteiger partial charge in [-0.1, -0.05) is 31.5 Å². The first-order valence-corrected chi connectivity index (χ1v) is 10.0. The monoisotopic (exact) mass is 400 g/mol. The zero-order chi connectivity index (χ0) is 21.8. The highest BCUT2D eigenvalue weighted by molar-refractivity contribution is 5.76. The Morgan fingerprint density at radius 1 is 1.14 bits per heavy atom. The van der Waals surface area contributed by atoms with Crippen LogP contribution in [0, 0.1) is 19.8 Å². The first-order valence-electron chi connectivity index (χ1n) is 10.0. The van der Waals surface area contributed by atoms with Crippen molar-refractivity contribution in [3.05, 3.63) is 53.6 Å². The van der Waals surface area contributed by atoms with E-state index < -0.39 is 29.2 Å². The maximum Gasteiger partial charge on any atom is 0.315 e. The van der Waals surface area contributed by atoms with E-state index in [4.69, 9.17) is 9.47 Å². The first kappa shape index (κ1) is 22.7. The van der Waals surface area contributed by atoms with Crippen LogP contribution >= 0.6 is 0 Å². The van der Waals surface area contributed by atoms with Gasteiger partial charge in [-0.15, -0.1) is 0 Å². The SMILES string of the molecule is CCCC(C(=O)OC(C)(C)C)C(OC(C)=O)(c1c(C)cccc1C)n1ccnc1. The van der Waals surface area contributed by atoms with Crippen LogP contribution in [0.5, 0.6) is 0 Å². The van der Waals surface area contributed by atoms with Crippen molar-refractivity contribution in [2.75, 3.05) is 0 Å². The van der Waals surface area contributed by atoms with E-state index in [2.05, 4.69) is 4.98 Å². The van der Waals surface area contributed by atoms with Crippen molar-refractivity contribution >= 4 is 11.9 Å². The lowest BCUT2D eigenvalue weighted by molar-refractivity contribution is -0.189. The van der Waals surface area contributed by atoms with E-state index in [1.165, 1.54) is 6.92 Å². The number of aromatic nitrogens is 2. The molecule has 0 aliphatic rings. The quantitative estimate of drug-likeness (QED) is 0.639. The number of hydrogen-bond donors (Lipinski definition) is 0. The number of rotatable bonds is 7. The van der Waals surface area contributed by atoms with Gasteiger partial charge in [0.05, 0.1) is 6.33 Å². The Hall–Kier alpha value is -2.63. The fourth-order valence-corrected chi connectivity index (χ4v) is 3.85. The van der Waals surface area contributed by atoms with Gasteiger partial charge in [-0.2, -0.15) is 0 Å². The van der Waals surface area contributed by atoms with Crippen LogP contribution in [0.15, 0.2) is 36.9 Å². The number of carbonyl (C=O) groups excluding carboxylic acids is 2. The molecule has 1 aromatic heterocycles. The molecule has 0 N–H and O–H groups in total. The van der Waals surface area contributed by atoms with Crippen molar-refractivity contribution in [1.82, 2.24) is 9.55 Å². The summed E-state index contributed by atoms with van der Waals surface area (Å²) in [7, 11) is 0. The minimum absolute atomic E-state index is 0.406. The highest BCUT2D eigenvalue weighted by Crippen LogP contribution is 2.42. The van der Waals surface area contributed by atoms with Gasteiger partial charge >= 0.3 is 11.9 Å². The van der Waals surface area contributed by atoms with Gasteiger partial charge in [-0.3, -0.25) is 14.2 Å². The van der Waals surface area contributed by atoms with Crippen LogP contribution in [0.2, 0.25) is 0 Å². The first-order chi connectivity index (χ1) is 13.5. The van der Waals surface area contributed by atoms with E-state index in [1.807, 2.05) is 59.7 Å². The van der Waals surface area contributed by atoms with E-state index in [9.17, 15) is 9.59 Å². The van der Waals surface area contributed by atoms with Gasteiger partial charge in [-0.25, -0.2) is 4.98 Å². The lowest BCUT2D eigenvalue weighted by Crippen LogP contribution is -2.51. The molecule has 0 aliphatic carbocycles. The Morgan fingerprint density at radius 3 is 2.21 bits per heavy atom. The summed E-state index contributed by atoms with van der Waals surface area (Å²) in [6.45, 7) is 12.8. The number of ether oxygens (including phenoxy) is 2. The maximum atomic E-state index is 13.4. The summed E-state index contributed by atoms with van der Waals surface area (Å²) < 4.78 is 13.6. The molecule has 2 aromatic rings.